The number of aliphatic carboxylic acids is 1. The summed E-state index contributed by atoms with van der Waals surface area (Å²) in [6.45, 7) is 4.35. The minimum Gasteiger partial charge on any atom is -0.480 e. The Labute approximate surface area is 197 Å². The first-order valence-corrected chi connectivity index (χ1v) is 11.1. The number of nitrogens with one attached hydrogen (secondary N) is 4. The van der Waals surface area contributed by atoms with Gasteiger partial charge in [-0.25, -0.2) is 4.79 Å². The summed E-state index contributed by atoms with van der Waals surface area (Å²) in [6, 6.07) is 3.21. The highest BCUT2D eigenvalue weighted by molar-refractivity contribution is 5.94. The maximum atomic E-state index is 12.7. The van der Waals surface area contributed by atoms with E-state index in [2.05, 4.69) is 20.9 Å². The third-order valence-electron chi connectivity index (χ3n) is 5.34. The highest BCUT2D eigenvalue weighted by Gasteiger charge is 2.29. The van der Waals surface area contributed by atoms with Crippen molar-refractivity contribution in [3.8, 4) is 0 Å². The molecule has 186 valence electrons. The molecular weight excluding hydrogens is 442 g/mol. The van der Waals surface area contributed by atoms with E-state index >= 15 is 0 Å². The maximum Gasteiger partial charge on any atom is 0.328 e. The fourth-order valence-corrected chi connectivity index (χ4v) is 3.47. The normalized spacial score (nSPS) is 14.8. The molecule has 8 N–H and O–H groups in total. The summed E-state index contributed by atoms with van der Waals surface area (Å²) in [5, 5.41) is 26.4. The van der Waals surface area contributed by atoms with E-state index in [0.29, 0.717) is 0 Å². The number of nitrogens with two attached hydrogens (primary N) is 1. The molecule has 4 atom stereocenters. The molecule has 4 unspecified atom stereocenters. The van der Waals surface area contributed by atoms with Gasteiger partial charge in [-0.15, -0.1) is 0 Å². The Hall–Kier alpha value is -3.44. The van der Waals surface area contributed by atoms with E-state index < -0.39 is 54.5 Å². The average Bonchev–Trinajstić information content (AvgIpc) is 3.18. The van der Waals surface area contributed by atoms with E-state index in [-0.39, 0.29) is 18.8 Å². The number of fused-ring (bicyclic) bond motifs is 1. The van der Waals surface area contributed by atoms with Crippen LogP contribution in [0, 0.1) is 5.92 Å². The summed E-state index contributed by atoms with van der Waals surface area (Å²) >= 11 is 0. The number of rotatable bonds is 12. The van der Waals surface area contributed by atoms with E-state index in [1.165, 1.54) is 6.92 Å². The first-order valence-electron chi connectivity index (χ1n) is 11.1. The topological polar surface area (TPSA) is 187 Å². The summed E-state index contributed by atoms with van der Waals surface area (Å²) in [6.07, 6.45) is 2.29. The Morgan fingerprint density at radius 3 is 2.24 bits per heavy atom. The molecule has 1 heterocycles. The molecule has 3 amide bonds. The summed E-state index contributed by atoms with van der Waals surface area (Å²) in [7, 11) is 0. The standard InChI is InChI=1S/C23H33N5O6/c1-12(2)8-18(22(32)28-19(11-29)23(33)34)27-20(30)13(3)26-21(31)16(24)9-14-10-25-17-7-5-4-6-15(14)17/h4-7,10,12-13,16,18-19,25,29H,8-9,11,24H2,1-3H3,(H,26,31)(H,27,30)(H,28,32)(H,33,34). The van der Waals surface area contributed by atoms with E-state index in [0.717, 1.165) is 16.5 Å². The molecular formula is C23H33N5O6. The van der Waals surface area contributed by atoms with Gasteiger partial charge in [0.1, 0.15) is 18.1 Å². The van der Waals surface area contributed by atoms with Gasteiger partial charge in [0, 0.05) is 17.1 Å². The van der Waals surface area contributed by atoms with Gasteiger partial charge in [0.05, 0.1) is 12.6 Å². The van der Waals surface area contributed by atoms with E-state index in [1.807, 2.05) is 38.1 Å². The van der Waals surface area contributed by atoms with Gasteiger partial charge < -0.3 is 36.9 Å². The largest absolute Gasteiger partial charge is 0.480 e. The van der Waals surface area contributed by atoms with Crippen LogP contribution in [0.3, 0.4) is 0 Å². The van der Waals surface area contributed by atoms with Crippen molar-refractivity contribution in [2.75, 3.05) is 6.61 Å². The van der Waals surface area contributed by atoms with Crippen molar-refractivity contribution in [2.45, 2.75) is 57.8 Å². The number of para-hydroxylation sites is 1. The average molecular weight is 476 g/mol. The van der Waals surface area contributed by atoms with Crippen LogP contribution in [0.15, 0.2) is 30.5 Å². The second-order valence-electron chi connectivity index (χ2n) is 8.67. The number of carboxylic acid groups (broad SMARTS) is 1. The van der Waals surface area contributed by atoms with Gasteiger partial charge >= 0.3 is 5.97 Å². The second-order valence-corrected chi connectivity index (χ2v) is 8.67. The van der Waals surface area contributed by atoms with Gasteiger partial charge in [-0.1, -0.05) is 32.0 Å². The van der Waals surface area contributed by atoms with Gasteiger partial charge in [-0.3, -0.25) is 14.4 Å². The smallest absolute Gasteiger partial charge is 0.328 e. The molecule has 0 saturated heterocycles. The summed E-state index contributed by atoms with van der Waals surface area (Å²) in [5.41, 5.74) is 7.87. The number of carbonyl (C=O) groups excluding carboxylic acids is 3. The van der Waals surface area contributed by atoms with Gasteiger partial charge in [0.2, 0.25) is 17.7 Å². The van der Waals surface area contributed by atoms with Crippen molar-refractivity contribution in [3.05, 3.63) is 36.0 Å². The van der Waals surface area contributed by atoms with Crippen LogP contribution in [0.2, 0.25) is 0 Å². The van der Waals surface area contributed by atoms with Crippen LogP contribution in [0.1, 0.15) is 32.8 Å². The monoisotopic (exact) mass is 475 g/mol. The van der Waals surface area contributed by atoms with Gasteiger partial charge in [-0.2, -0.15) is 0 Å². The molecule has 34 heavy (non-hydrogen) atoms. The summed E-state index contributed by atoms with van der Waals surface area (Å²) in [4.78, 5) is 52.0. The van der Waals surface area contributed by atoms with Crippen molar-refractivity contribution >= 4 is 34.6 Å². The van der Waals surface area contributed by atoms with E-state index in [4.69, 9.17) is 15.9 Å². The number of aliphatic hydroxyl groups excluding tert-OH is 1. The number of hydrogen-bond donors (Lipinski definition) is 7. The van der Waals surface area contributed by atoms with E-state index in [1.54, 1.807) is 6.20 Å². The van der Waals surface area contributed by atoms with E-state index in [9.17, 15) is 19.2 Å². The number of amides is 3. The Morgan fingerprint density at radius 2 is 1.62 bits per heavy atom. The summed E-state index contributed by atoms with van der Waals surface area (Å²) < 4.78 is 0. The lowest BCUT2D eigenvalue weighted by atomic mass is 10.0. The van der Waals surface area contributed by atoms with Crippen LogP contribution in [0.4, 0.5) is 0 Å². The highest BCUT2D eigenvalue weighted by atomic mass is 16.4. The maximum absolute atomic E-state index is 12.7. The lowest BCUT2D eigenvalue weighted by molar-refractivity contribution is -0.143. The first-order chi connectivity index (χ1) is 16.0. The zero-order chi connectivity index (χ0) is 25.4. The van der Waals surface area contributed by atoms with Crippen molar-refractivity contribution in [3.63, 3.8) is 0 Å². The van der Waals surface area contributed by atoms with Crippen LogP contribution < -0.4 is 21.7 Å². The predicted octanol–water partition coefficient (Wildman–Crippen LogP) is -0.365. The molecule has 0 fully saturated rings. The lowest BCUT2D eigenvalue weighted by Crippen LogP contribution is -2.57. The number of aliphatic hydroxyl groups is 1. The Kier molecular flexibility index (Phi) is 9.58. The Bertz CT molecular complexity index is 1020. The molecule has 0 saturated carbocycles. The SMILES string of the molecule is CC(C)CC(NC(=O)C(C)NC(=O)C(N)Cc1c[nH]c2ccccc12)C(=O)NC(CO)C(=O)O. The van der Waals surface area contributed by atoms with Crippen molar-refractivity contribution in [1.29, 1.82) is 0 Å². The molecule has 0 spiro atoms. The number of H-pyrrole nitrogens is 1. The molecule has 0 radical (unpaired) electrons. The molecule has 11 nitrogen and oxygen atoms in total. The molecule has 0 aliphatic heterocycles. The molecule has 2 rings (SSSR count). The minimum absolute atomic E-state index is 0.00273. The first kappa shape index (κ1) is 26.8. The van der Waals surface area contributed by atoms with Crippen LogP contribution in [-0.4, -0.2) is 69.7 Å². The van der Waals surface area contributed by atoms with Gasteiger partial charge in [0.25, 0.3) is 0 Å². The number of benzene rings is 1. The molecule has 0 bridgehead atoms. The zero-order valence-corrected chi connectivity index (χ0v) is 19.5. The predicted molar refractivity (Wildman–Crippen MR) is 126 cm³/mol. The zero-order valence-electron chi connectivity index (χ0n) is 19.5. The number of aromatic amines is 1. The molecule has 1 aromatic heterocycles. The van der Waals surface area contributed by atoms with Crippen LogP contribution in [0.25, 0.3) is 10.9 Å². The molecule has 1 aromatic carbocycles. The number of hydrogen-bond acceptors (Lipinski definition) is 6. The van der Waals surface area contributed by atoms with Crippen molar-refractivity contribution in [1.82, 2.24) is 20.9 Å². The van der Waals surface area contributed by atoms with Crippen LogP contribution >= 0.6 is 0 Å². The van der Waals surface area contributed by atoms with Crippen molar-refractivity contribution in [2.24, 2.45) is 11.7 Å². The Balaban J connectivity index is 1.97. The van der Waals surface area contributed by atoms with Crippen LogP contribution in [0.5, 0.6) is 0 Å². The number of carboxylic acids is 1. The fourth-order valence-electron chi connectivity index (χ4n) is 3.47. The number of aromatic nitrogens is 1. The molecule has 0 aliphatic carbocycles. The minimum atomic E-state index is -1.49. The quantitative estimate of drug-likeness (QED) is 0.218. The van der Waals surface area contributed by atoms with Crippen LogP contribution in [-0.2, 0) is 25.6 Å². The van der Waals surface area contributed by atoms with Gasteiger partial charge in [-0.05, 0) is 37.3 Å². The number of carbonyl (C=O) groups is 4. The summed E-state index contributed by atoms with van der Waals surface area (Å²) in [5.74, 6) is -3.27. The third kappa shape index (κ3) is 7.29. The third-order valence-corrected chi connectivity index (χ3v) is 5.34. The van der Waals surface area contributed by atoms with Gasteiger partial charge in [0.15, 0.2) is 0 Å². The lowest BCUT2D eigenvalue weighted by Gasteiger charge is -2.24. The Morgan fingerprint density at radius 1 is 0.971 bits per heavy atom. The molecule has 0 aliphatic rings. The highest BCUT2D eigenvalue weighted by Crippen LogP contribution is 2.18. The molecule has 11 heteroatoms. The molecule has 2 aromatic rings. The van der Waals surface area contributed by atoms with Crippen molar-refractivity contribution < 1.29 is 29.4 Å². The fraction of sp³-hybridized carbons (Fsp3) is 0.478. The second kappa shape index (κ2) is 12.1.